The maximum Gasteiger partial charge on any atom is 0.258 e. The molecule has 1 fully saturated rings. The minimum Gasteiger partial charge on any atom is -0.489 e. The number of pyridine rings is 2. The molecule has 0 radical (unpaired) electrons. The third-order valence-electron chi connectivity index (χ3n) is 4.04. The molecule has 0 aliphatic carbocycles. The van der Waals surface area contributed by atoms with Crippen molar-refractivity contribution in [3.8, 4) is 5.75 Å². The van der Waals surface area contributed by atoms with Crippen LogP contribution in [0.15, 0.2) is 53.7 Å². The zero-order chi connectivity index (χ0) is 17.1. The lowest BCUT2D eigenvalue weighted by Gasteiger charge is -2.23. The molecule has 1 unspecified atom stereocenters. The third-order valence-corrected chi connectivity index (χ3v) is 4.04. The number of aromatic nitrogens is 3. The van der Waals surface area contributed by atoms with Crippen molar-refractivity contribution in [3.63, 3.8) is 0 Å². The Bertz CT molecular complexity index is 921. The zero-order valence-corrected chi connectivity index (χ0v) is 13.6. The molecule has 1 N–H and O–H groups in total. The first-order valence-corrected chi connectivity index (χ1v) is 8.17. The molecule has 1 saturated heterocycles. The summed E-state index contributed by atoms with van der Waals surface area (Å²) in [5, 5.41) is 3.25. The molecular formula is C18H18N4O3. The fourth-order valence-electron chi connectivity index (χ4n) is 2.76. The summed E-state index contributed by atoms with van der Waals surface area (Å²) in [4.78, 5) is 21.0. The van der Waals surface area contributed by atoms with E-state index in [1.54, 1.807) is 30.7 Å². The van der Waals surface area contributed by atoms with Gasteiger partial charge in [0.15, 0.2) is 0 Å². The molecule has 0 bridgehead atoms. The topological polar surface area (TPSA) is 77.8 Å². The number of nitrogens with zero attached hydrogens (tertiary/aromatic N) is 3. The average Bonchev–Trinajstić information content (AvgIpc) is 2.67. The van der Waals surface area contributed by atoms with Gasteiger partial charge >= 0.3 is 0 Å². The van der Waals surface area contributed by atoms with Gasteiger partial charge in [0.25, 0.3) is 5.56 Å². The predicted molar refractivity (Wildman–Crippen MR) is 91.6 cm³/mol. The molecule has 0 saturated carbocycles. The van der Waals surface area contributed by atoms with E-state index >= 15 is 0 Å². The molecule has 1 atom stereocenters. The van der Waals surface area contributed by atoms with Gasteiger partial charge in [0.05, 0.1) is 12.3 Å². The molecule has 3 aromatic heterocycles. The Morgan fingerprint density at radius 2 is 2.32 bits per heavy atom. The van der Waals surface area contributed by atoms with Crippen LogP contribution < -0.4 is 15.6 Å². The molecule has 128 valence electrons. The SMILES string of the molecule is O=c1cc(C2CNCCO2)nc2cc(OCc3cccnc3)ccn12. The van der Waals surface area contributed by atoms with E-state index in [1.807, 2.05) is 12.1 Å². The van der Waals surface area contributed by atoms with Crippen LogP contribution in [-0.2, 0) is 11.3 Å². The van der Waals surface area contributed by atoms with Crippen LogP contribution in [-0.4, -0.2) is 34.1 Å². The highest BCUT2D eigenvalue weighted by Crippen LogP contribution is 2.18. The van der Waals surface area contributed by atoms with Gasteiger partial charge in [-0.05, 0) is 12.1 Å². The quantitative estimate of drug-likeness (QED) is 0.773. The lowest BCUT2D eigenvalue weighted by Crippen LogP contribution is -2.34. The summed E-state index contributed by atoms with van der Waals surface area (Å²) < 4.78 is 13.0. The molecule has 25 heavy (non-hydrogen) atoms. The molecule has 3 aromatic rings. The number of rotatable bonds is 4. The molecule has 4 rings (SSSR count). The lowest BCUT2D eigenvalue weighted by atomic mass is 10.2. The van der Waals surface area contributed by atoms with Gasteiger partial charge < -0.3 is 14.8 Å². The lowest BCUT2D eigenvalue weighted by molar-refractivity contribution is 0.0250. The molecule has 1 aliphatic rings. The van der Waals surface area contributed by atoms with E-state index in [0.29, 0.717) is 36.8 Å². The van der Waals surface area contributed by atoms with Gasteiger partial charge in [-0.3, -0.25) is 14.2 Å². The Hall–Kier alpha value is -2.77. The largest absolute Gasteiger partial charge is 0.489 e. The van der Waals surface area contributed by atoms with Crippen molar-refractivity contribution in [2.45, 2.75) is 12.7 Å². The second-order valence-corrected chi connectivity index (χ2v) is 5.82. The number of hydrogen-bond donors (Lipinski definition) is 1. The predicted octanol–water partition coefficient (Wildman–Crippen LogP) is 1.33. The molecule has 1 aliphatic heterocycles. The third kappa shape index (κ3) is 3.52. The van der Waals surface area contributed by atoms with Crippen molar-refractivity contribution >= 4 is 5.65 Å². The number of morpholine rings is 1. The number of hydrogen-bond acceptors (Lipinski definition) is 6. The summed E-state index contributed by atoms with van der Waals surface area (Å²) in [5.74, 6) is 0.649. The highest BCUT2D eigenvalue weighted by atomic mass is 16.5. The molecule has 7 heteroatoms. The molecule has 4 heterocycles. The van der Waals surface area contributed by atoms with Gasteiger partial charge in [-0.25, -0.2) is 4.98 Å². The van der Waals surface area contributed by atoms with Crippen molar-refractivity contribution in [2.24, 2.45) is 0 Å². The minimum atomic E-state index is -0.202. The van der Waals surface area contributed by atoms with Gasteiger partial charge in [0.2, 0.25) is 0 Å². The maximum atomic E-state index is 12.3. The van der Waals surface area contributed by atoms with E-state index in [-0.39, 0.29) is 11.7 Å². The second kappa shape index (κ2) is 7.00. The standard InChI is InChI=1S/C18H18N4O3/c23-18-9-15(16-11-20-5-7-24-16)21-17-8-14(3-6-22(17)18)25-12-13-2-1-4-19-10-13/h1-4,6,8-10,16,20H,5,7,11-12H2. The van der Waals surface area contributed by atoms with E-state index in [9.17, 15) is 4.79 Å². The van der Waals surface area contributed by atoms with Crippen LogP contribution in [0.5, 0.6) is 5.75 Å². The van der Waals surface area contributed by atoms with Gasteiger partial charge in [-0.1, -0.05) is 6.07 Å². The van der Waals surface area contributed by atoms with Gasteiger partial charge in [-0.15, -0.1) is 0 Å². The Morgan fingerprint density at radius 1 is 1.36 bits per heavy atom. The first kappa shape index (κ1) is 15.7. The van der Waals surface area contributed by atoms with E-state index in [0.717, 1.165) is 12.1 Å². The number of nitrogens with one attached hydrogen (secondary N) is 1. The van der Waals surface area contributed by atoms with Crippen molar-refractivity contribution in [1.29, 1.82) is 0 Å². The summed E-state index contributed by atoms with van der Waals surface area (Å²) in [5.41, 5.74) is 2.03. The van der Waals surface area contributed by atoms with Gasteiger partial charge in [0, 0.05) is 49.4 Å². The fourth-order valence-corrected chi connectivity index (χ4v) is 2.76. The van der Waals surface area contributed by atoms with Crippen LogP contribution in [0.3, 0.4) is 0 Å². The van der Waals surface area contributed by atoms with Crippen molar-refractivity contribution < 1.29 is 9.47 Å². The highest BCUT2D eigenvalue weighted by molar-refractivity contribution is 5.45. The van der Waals surface area contributed by atoms with Crippen LogP contribution in [0.4, 0.5) is 0 Å². The average molecular weight is 338 g/mol. The Balaban J connectivity index is 1.60. The maximum absolute atomic E-state index is 12.3. The monoisotopic (exact) mass is 338 g/mol. The van der Waals surface area contributed by atoms with Gasteiger partial charge in [0.1, 0.15) is 24.1 Å². The van der Waals surface area contributed by atoms with Crippen molar-refractivity contribution in [2.75, 3.05) is 19.7 Å². The Kier molecular flexibility index (Phi) is 4.41. The first-order chi connectivity index (χ1) is 12.3. The van der Waals surface area contributed by atoms with Crippen LogP contribution in [0.2, 0.25) is 0 Å². The summed E-state index contributed by atoms with van der Waals surface area (Å²) in [6, 6.07) is 8.86. The fraction of sp³-hybridized carbons (Fsp3) is 0.278. The Labute approximate surface area is 144 Å². The molecule has 0 amide bonds. The van der Waals surface area contributed by atoms with E-state index < -0.39 is 0 Å². The molecular weight excluding hydrogens is 320 g/mol. The smallest absolute Gasteiger partial charge is 0.258 e. The van der Waals surface area contributed by atoms with Crippen LogP contribution >= 0.6 is 0 Å². The van der Waals surface area contributed by atoms with Gasteiger partial charge in [-0.2, -0.15) is 0 Å². The molecule has 0 spiro atoms. The molecule has 7 nitrogen and oxygen atoms in total. The normalized spacial score (nSPS) is 17.5. The molecule has 0 aromatic carbocycles. The Morgan fingerprint density at radius 3 is 3.12 bits per heavy atom. The zero-order valence-electron chi connectivity index (χ0n) is 13.6. The summed E-state index contributed by atoms with van der Waals surface area (Å²) in [6.45, 7) is 2.48. The second-order valence-electron chi connectivity index (χ2n) is 5.82. The van der Waals surface area contributed by atoms with Crippen LogP contribution in [0.1, 0.15) is 17.4 Å². The first-order valence-electron chi connectivity index (χ1n) is 8.17. The van der Waals surface area contributed by atoms with E-state index in [2.05, 4.69) is 15.3 Å². The van der Waals surface area contributed by atoms with E-state index in [4.69, 9.17) is 9.47 Å². The van der Waals surface area contributed by atoms with Crippen LogP contribution in [0.25, 0.3) is 5.65 Å². The van der Waals surface area contributed by atoms with Crippen LogP contribution in [0, 0.1) is 0 Å². The summed E-state index contributed by atoms with van der Waals surface area (Å²) in [6.07, 6.45) is 4.95. The highest BCUT2D eigenvalue weighted by Gasteiger charge is 2.18. The minimum absolute atomic E-state index is 0.131. The van der Waals surface area contributed by atoms with Crippen molar-refractivity contribution in [1.82, 2.24) is 19.7 Å². The van der Waals surface area contributed by atoms with Crippen molar-refractivity contribution in [3.05, 3.63) is 70.5 Å². The summed E-state index contributed by atoms with van der Waals surface area (Å²) in [7, 11) is 0. The van der Waals surface area contributed by atoms with E-state index in [1.165, 1.54) is 10.5 Å². The number of fused-ring (bicyclic) bond motifs is 1. The summed E-state index contributed by atoms with van der Waals surface area (Å²) >= 11 is 0. The number of ether oxygens (including phenoxy) is 2.